The van der Waals surface area contributed by atoms with Crippen molar-refractivity contribution in [1.29, 1.82) is 0 Å². The second kappa shape index (κ2) is 7.21. The summed E-state index contributed by atoms with van der Waals surface area (Å²) in [7, 11) is 0. The number of allylic oxidation sites excluding steroid dienone is 1. The molecular weight excluding hydrogens is 322 g/mol. The number of hydrogen-bond acceptors (Lipinski definition) is 4. The van der Waals surface area contributed by atoms with E-state index in [0.29, 0.717) is 5.02 Å². The van der Waals surface area contributed by atoms with Crippen LogP contribution in [0, 0.1) is 0 Å². The Morgan fingerprint density at radius 2 is 2.08 bits per heavy atom. The van der Waals surface area contributed by atoms with E-state index >= 15 is 0 Å². The SMILES string of the molecule is C=N/C=C\C(=NCN)c1c[nH]c2ncc(-c3ccc(Cl)cc3)cc12. The first-order valence-corrected chi connectivity index (χ1v) is 7.71. The lowest BCUT2D eigenvalue weighted by molar-refractivity contribution is 1.07. The van der Waals surface area contributed by atoms with Gasteiger partial charge >= 0.3 is 0 Å². The van der Waals surface area contributed by atoms with Crippen molar-refractivity contribution < 1.29 is 0 Å². The van der Waals surface area contributed by atoms with Crippen LogP contribution in [0.5, 0.6) is 0 Å². The van der Waals surface area contributed by atoms with Gasteiger partial charge in [0.15, 0.2) is 0 Å². The van der Waals surface area contributed by atoms with Gasteiger partial charge in [0.25, 0.3) is 0 Å². The van der Waals surface area contributed by atoms with Crippen LogP contribution in [0.25, 0.3) is 22.2 Å². The van der Waals surface area contributed by atoms with Crippen LogP contribution in [0.3, 0.4) is 0 Å². The van der Waals surface area contributed by atoms with Crippen molar-refractivity contribution in [3.63, 3.8) is 0 Å². The topological polar surface area (TPSA) is 79.4 Å². The molecule has 6 heteroatoms. The summed E-state index contributed by atoms with van der Waals surface area (Å²) in [6.45, 7) is 3.63. The van der Waals surface area contributed by atoms with Crippen molar-refractivity contribution in [1.82, 2.24) is 9.97 Å². The fraction of sp³-hybridized carbons (Fsp3) is 0.0556. The summed E-state index contributed by atoms with van der Waals surface area (Å²) >= 11 is 5.96. The Morgan fingerprint density at radius 1 is 1.29 bits per heavy atom. The number of nitrogens with one attached hydrogen (secondary N) is 1. The molecule has 3 rings (SSSR count). The molecule has 24 heavy (non-hydrogen) atoms. The molecule has 2 aromatic heterocycles. The summed E-state index contributed by atoms with van der Waals surface area (Å²) in [5.74, 6) is 0. The predicted molar refractivity (Wildman–Crippen MR) is 101 cm³/mol. The maximum atomic E-state index is 5.96. The van der Waals surface area contributed by atoms with E-state index in [1.165, 1.54) is 0 Å². The average Bonchev–Trinajstić information content (AvgIpc) is 3.02. The van der Waals surface area contributed by atoms with Gasteiger partial charge in [-0.2, -0.15) is 0 Å². The number of aliphatic imine (C=N–C) groups is 2. The Labute approximate surface area is 144 Å². The van der Waals surface area contributed by atoms with Gasteiger partial charge in [0, 0.05) is 40.1 Å². The number of nitrogens with two attached hydrogens (primary N) is 1. The van der Waals surface area contributed by atoms with Crippen molar-refractivity contribution >= 4 is 35.1 Å². The number of H-pyrrole nitrogens is 1. The highest BCUT2D eigenvalue weighted by Gasteiger charge is 2.10. The van der Waals surface area contributed by atoms with Crippen molar-refractivity contribution in [2.75, 3.05) is 6.67 Å². The largest absolute Gasteiger partial charge is 0.345 e. The van der Waals surface area contributed by atoms with E-state index in [9.17, 15) is 0 Å². The lowest BCUT2D eigenvalue weighted by atomic mass is 10.0. The molecule has 0 saturated heterocycles. The van der Waals surface area contributed by atoms with Crippen LogP contribution in [0.15, 0.2) is 65.0 Å². The number of hydrogen-bond donors (Lipinski definition) is 2. The van der Waals surface area contributed by atoms with Gasteiger partial charge in [-0.05, 0) is 36.6 Å². The zero-order chi connectivity index (χ0) is 16.9. The van der Waals surface area contributed by atoms with Crippen LogP contribution in [0.2, 0.25) is 5.02 Å². The van der Waals surface area contributed by atoms with Crippen molar-refractivity contribution in [3.05, 3.63) is 65.6 Å². The van der Waals surface area contributed by atoms with E-state index in [1.807, 2.05) is 36.7 Å². The molecule has 0 radical (unpaired) electrons. The van der Waals surface area contributed by atoms with Crippen LogP contribution in [-0.2, 0) is 0 Å². The van der Waals surface area contributed by atoms with E-state index in [4.69, 9.17) is 17.3 Å². The van der Waals surface area contributed by atoms with Gasteiger partial charge in [0.05, 0.1) is 12.4 Å². The highest BCUT2D eigenvalue weighted by molar-refractivity contribution is 6.30. The first-order chi connectivity index (χ1) is 11.7. The van der Waals surface area contributed by atoms with Crippen LogP contribution < -0.4 is 5.73 Å². The number of fused-ring (bicyclic) bond motifs is 1. The Kier molecular flexibility index (Phi) is 4.84. The smallest absolute Gasteiger partial charge is 0.137 e. The standard InChI is InChI=1S/C18H16ClN5/c1-21-7-6-17(24-11-20)16-10-23-18-15(16)8-13(9-22-18)12-2-4-14(19)5-3-12/h2-10H,1,11,20H2,(H,22,23)/b7-6-,24-17?. The van der Waals surface area contributed by atoms with Crippen LogP contribution >= 0.6 is 11.6 Å². The first kappa shape index (κ1) is 16.1. The third-order valence-electron chi connectivity index (χ3n) is 3.58. The molecule has 0 aliphatic rings. The molecule has 0 aliphatic carbocycles. The molecule has 2 heterocycles. The molecule has 0 amide bonds. The fourth-order valence-electron chi connectivity index (χ4n) is 2.46. The van der Waals surface area contributed by atoms with Gasteiger partial charge in [-0.3, -0.25) is 9.98 Å². The van der Waals surface area contributed by atoms with Gasteiger partial charge in [0.2, 0.25) is 0 Å². The molecule has 5 nitrogen and oxygen atoms in total. The Morgan fingerprint density at radius 3 is 2.79 bits per heavy atom. The number of pyridine rings is 1. The molecule has 3 N–H and O–H groups in total. The number of aromatic amines is 1. The fourth-order valence-corrected chi connectivity index (χ4v) is 2.59. The number of rotatable bonds is 5. The number of halogens is 1. The minimum Gasteiger partial charge on any atom is -0.345 e. The highest BCUT2D eigenvalue weighted by Crippen LogP contribution is 2.26. The Balaban J connectivity index is 2.11. The maximum absolute atomic E-state index is 5.96. The minimum atomic E-state index is 0.188. The van der Waals surface area contributed by atoms with E-state index < -0.39 is 0 Å². The average molecular weight is 338 g/mol. The van der Waals surface area contributed by atoms with Gasteiger partial charge < -0.3 is 10.7 Å². The Hall–Kier alpha value is -2.76. The molecular formula is C18H16ClN5. The lowest BCUT2D eigenvalue weighted by Crippen LogP contribution is -2.02. The summed E-state index contributed by atoms with van der Waals surface area (Å²) in [5, 5.41) is 1.66. The molecule has 0 spiro atoms. The van der Waals surface area contributed by atoms with E-state index in [1.54, 1.807) is 12.3 Å². The number of benzene rings is 1. The molecule has 0 aliphatic heterocycles. The van der Waals surface area contributed by atoms with Crippen LogP contribution in [0.4, 0.5) is 0 Å². The third-order valence-corrected chi connectivity index (χ3v) is 3.84. The van der Waals surface area contributed by atoms with E-state index in [-0.39, 0.29) is 6.67 Å². The summed E-state index contributed by atoms with van der Waals surface area (Å²) < 4.78 is 0. The molecule has 0 unspecified atom stereocenters. The summed E-state index contributed by atoms with van der Waals surface area (Å²) in [6, 6.07) is 9.72. The molecule has 0 fully saturated rings. The molecule has 3 aromatic rings. The van der Waals surface area contributed by atoms with Crippen molar-refractivity contribution in [2.24, 2.45) is 15.7 Å². The van der Waals surface area contributed by atoms with E-state index in [0.717, 1.165) is 33.4 Å². The van der Waals surface area contributed by atoms with Crippen LogP contribution in [0.1, 0.15) is 5.56 Å². The zero-order valence-corrected chi connectivity index (χ0v) is 13.7. The summed E-state index contributed by atoms with van der Waals surface area (Å²) in [4.78, 5) is 15.7. The second-order valence-corrected chi connectivity index (χ2v) is 5.49. The minimum absolute atomic E-state index is 0.188. The number of aromatic nitrogens is 2. The van der Waals surface area contributed by atoms with Gasteiger partial charge in [-0.15, -0.1) is 0 Å². The lowest BCUT2D eigenvalue weighted by Gasteiger charge is -2.04. The molecule has 120 valence electrons. The second-order valence-electron chi connectivity index (χ2n) is 5.05. The molecule has 0 atom stereocenters. The zero-order valence-electron chi connectivity index (χ0n) is 12.9. The first-order valence-electron chi connectivity index (χ1n) is 7.33. The molecule has 0 saturated carbocycles. The third kappa shape index (κ3) is 3.27. The highest BCUT2D eigenvalue weighted by atomic mass is 35.5. The monoisotopic (exact) mass is 337 g/mol. The summed E-state index contributed by atoms with van der Waals surface area (Å²) in [6.07, 6.45) is 7.05. The van der Waals surface area contributed by atoms with Crippen molar-refractivity contribution in [2.45, 2.75) is 0 Å². The molecule has 0 bridgehead atoms. The van der Waals surface area contributed by atoms with Crippen LogP contribution in [-0.4, -0.2) is 29.1 Å². The predicted octanol–water partition coefficient (Wildman–Crippen LogP) is 3.80. The van der Waals surface area contributed by atoms with Gasteiger partial charge in [-0.1, -0.05) is 23.7 Å². The Bertz CT molecular complexity index is 922. The normalized spacial score (nSPS) is 12.2. The van der Waals surface area contributed by atoms with Crippen molar-refractivity contribution in [3.8, 4) is 11.1 Å². The van der Waals surface area contributed by atoms with E-state index in [2.05, 4.69) is 32.7 Å². The van der Waals surface area contributed by atoms with Gasteiger partial charge in [0.1, 0.15) is 5.65 Å². The molecule has 1 aromatic carbocycles. The maximum Gasteiger partial charge on any atom is 0.137 e. The van der Waals surface area contributed by atoms with Gasteiger partial charge in [-0.25, -0.2) is 4.98 Å². The summed E-state index contributed by atoms with van der Waals surface area (Å²) in [5.41, 5.74) is 10.0. The number of nitrogens with zero attached hydrogens (tertiary/aromatic N) is 3. The quantitative estimate of drug-likeness (QED) is 0.694.